The van der Waals surface area contributed by atoms with Crippen LogP contribution in [0.4, 0.5) is 5.82 Å². The van der Waals surface area contributed by atoms with E-state index in [-0.39, 0.29) is 5.88 Å². The van der Waals surface area contributed by atoms with Gasteiger partial charge in [0.2, 0.25) is 5.71 Å². The Morgan fingerprint density at radius 3 is 2.71 bits per heavy atom. The van der Waals surface area contributed by atoms with Gasteiger partial charge in [0.05, 0.1) is 11.3 Å². The Labute approximate surface area is 86.1 Å². The molecule has 2 aromatic heterocycles. The third-order valence-corrected chi connectivity index (χ3v) is 2.46. The van der Waals surface area contributed by atoms with E-state index < -0.39 is 0 Å². The number of alkyl halides is 1. The van der Waals surface area contributed by atoms with Crippen molar-refractivity contribution in [2.45, 2.75) is 19.7 Å². The van der Waals surface area contributed by atoms with Gasteiger partial charge in [0.15, 0.2) is 0 Å². The fourth-order valence-corrected chi connectivity index (χ4v) is 1.51. The smallest absolute Gasteiger partial charge is 0.231 e. The number of hydrogen-bond donors (Lipinski definition) is 1. The Balaban J connectivity index is 2.83. The Hall–Kier alpha value is -1.29. The monoisotopic (exact) mass is 211 g/mol. The first-order valence-corrected chi connectivity index (χ1v) is 4.75. The number of nitrogen functional groups attached to an aromatic ring is 1. The average Bonchev–Trinajstić information content (AvgIpc) is 2.43. The van der Waals surface area contributed by atoms with Crippen LogP contribution >= 0.6 is 11.6 Å². The van der Waals surface area contributed by atoms with Crippen molar-refractivity contribution in [1.29, 1.82) is 0 Å². The Morgan fingerprint density at radius 2 is 2.07 bits per heavy atom. The predicted molar refractivity (Wildman–Crippen MR) is 55.2 cm³/mol. The maximum absolute atomic E-state index is 5.78. The van der Waals surface area contributed by atoms with Gasteiger partial charge < -0.3 is 10.2 Å². The number of fused-ring (bicyclic) bond motifs is 1. The molecule has 0 radical (unpaired) electrons. The highest BCUT2D eigenvalue weighted by atomic mass is 35.5. The molecule has 4 nitrogen and oxygen atoms in total. The second kappa shape index (κ2) is 3.13. The molecule has 2 aromatic rings. The van der Waals surface area contributed by atoms with Crippen molar-refractivity contribution in [3.63, 3.8) is 0 Å². The number of furan rings is 1. The lowest BCUT2D eigenvalue weighted by atomic mass is 10.2. The second-order valence-corrected chi connectivity index (χ2v) is 3.39. The van der Waals surface area contributed by atoms with Crippen LogP contribution in [0.5, 0.6) is 0 Å². The molecule has 0 fully saturated rings. The van der Waals surface area contributed by atoms with Gasteiger partial charge in [-0.2, -0.15) is 4.98 Å². The largest absolute Gasteiger partial charge is 0.443 e. The standard InChI is InChI=1S/C9H10ClN3O/c1-4-5(2)14-9-7(4)8(11)12-6(3-10)13-9/h3H2,1-2H3,(H2,11,12,13). The summed E-state index contributed by atoms with van der Waals surface area (Å²) >= 11 is 5.62. The molecule has 5 heteroatoms. The van der Waals surface area contributed by atoms with Gasteiger partial charge in [-0.1, -0.05) is 0 Å². The molecular weight excluding hydrogens is 202 g/mol. The van der Waals surface area contributed by atoms with Crippen molar-refractivity contribution in [2.75, 3.05) is 5.73 Å². The summed E-state index contributed by atoms with van der Waals surface area (Å²) in [7, 11) is 0. The Bertz CT molecular complexity index is 492. The summed E-state index contributed by atoms with van der Waals surface area (Å²) in [4.78, 5) is 8.22. The Morgan fingerprint density at radius 1 is 1.36 bits per heavy atom. The molecule has 0 amide bonds. The van der Waals surface area contributed by atoms with Crippen LogP contribution in [0.25, 0.3) is 11.1 Å². The number of nitrogens with two attached hydrogens (primary N) is 1. The first-order chi connectivity index (χ1) is 6.63. The number of aromatic nitrogens is 2. The van der Waals surface area contributed by atoms with Crippen molar-refractivity contribution >= 4 is 28.5 Å². The van der Waals surface area contributed by atoms with Crippen LogP contribution in [0, 0.1) is 13.8 Å². The van der Waals surface area contributed by atoms with Crippen LogP contribution in [0.15, 0.2) is 4.42 Å². The van der Waals surface area contributed by atoms with Gasteiger partial charge in [-0.25, -0.2) is 4.98 Å². The summed E-state index contributed by atoms with van der Waals surface area (Å²) in [5.74, 6) is 1.97. The van der Waals surface area contributed by atoms with Crippen LogP contribution in [0.2, 0.25) is 0 Å². The summed E-state index contributed by atoms with van der Waals surface area (Å²) in [6, 6.07) is 0. The van der Waals surface area contributed by atoms with E-state index >= 15 is 0 Å². The van der Waals surface area contributed by atoms with Crippen LogP contribution in [-0.2, 0) is 5.88 Å². The Kier molecular flexibility index (Phi) is 2.07. The van der Waals surface area contributed by atoms with E-state index in [1.807, 2.05) is 13.8 Å². The molecule has 0 unspecified atom stereocenters. The van der Waals surface area contributed by atoms with Gasteiger partial charge in [-0.3, -0.25) is 0 Å². The SMILES string of the molecule is Cc1oc2nc(CCl)nc(N)c2c1C. The fraction of sp³-hybridized carbons (Fsp3) is 0.333. The number of halogens is 1. The van der Waals surface area contributed by atoms with Crippen molar-refractivity contribution < 1.29 is 4.42 Å². The molecule has 0 bridgehead atoms. The topological polar surface area (TPSA) is 64.9 Å². The molecule has 0 saturated heterocycles. The first kappa shape index (κ1) is 9.27. The highest BCUT2D eigenvalue weighted by Crippen LogP contribution is 2.27. The van der Waals surface area contributed by atoms with Crippen LogP contribution in [-0.4, -0.2) is 9.97 Å². The van der Waals surface area contributed by atoms with Gasteiger partial charge in [0.1, 0.15) is 17.4 Å². The summed E-state index contributed by atoms with van der Waals surface area (Å²) < 4.78 is 5.43. The molecule has 0 aromatic carbocycles. The third kappa shape index (κ3) is 1.23. The van der Waals surface area contributed by atoms with Crippen LogP contribution in [0.1, 0.15) is 17.1 Å². The molecule has 2 heterocycles. The molecule has 0 aliphatic rings. The summed E-state index contributed by atoms with van der Waals surface area (Å²) in [5, 5.41) is 0.788. The van der Waals surface area contributed by atoms with E-state index in [1.54, 1.807) is 0 Å². The van der Waals surface area contributed by atoms with Gasteiger partial charge >= 0.3 is 0 Å². The molecule has 0 spiro atoms. The van der Waals surface area contributed by atoms with E-state index in [4.69, 9.17) is 21.8 Å². The fourth-order valence-electron chi connectivity index (χ4n) is 1.39. The van der Waals surface area contributed by atoms with Crippen molar-refractivity contribution in [1.82, 2.24) is 9.97 Å². The minimum Gasteiger partial charge on any atom is -0.443 e. The minimum absolute atomic E-state index is 0.235. The molecule has 2 N–H and O–H groups in total. The van der Waals surface area contributed by atoms with E-state index in [0.29, 0.717) is 17.4 Å². The number of nitrogens with zero attached hydrogens (tertiary/aromatic N) is 2. The zero-order chi connectivity index (χ0) is 10.3. The second-order valence-electron chi connectivity index (χ2n) is 3.12. The number of rotatable bonds is 1. The lowest BCUT2D eigenvalue weighted by molar-refractivity contribution is 0.562. The number of anilines is 1. The van der Waals surface area contributed by atoms with Crippen LogP contribution in [0.3, 0.4) is 0 Å². The van der Waals surface area contributed by atoms with Crippen molar-refractivity contribution in [2.24, 2.45) is 0 Å². The van der Waals surface area contributed by atoms with Crippen LogP contribution < -0.4 is 5.73 Å². The van der Waals surface area contributed by atoms with E-state index in [2.05, 4.69) is 9.97 Å². The molecule has 14 heavy (non-hydrogen) atoms. The third-order valence-electron chi connectivity index (χ3n) is 2.22. The molecule has 0 aliphatic heterocycles. The first-order valence-electron chi connectivity index (χ1n) is 4.21. The molecule has 0 saturated carbocycles. The van der Waals surface area contributed by atoms with Gasteiger partial charge in [0.25, 0.3) is 0 Å². The van der Waals surface area contributed by atoms with Gasteiger partial charge in [0, 0.05) is 5.56 Å². The maximum atomic E-state index is 5.78. The summed E-state index contributed by atoms with van der Waals surface area (Å²) in [5.41, 5.74) is 7.28. The molecule has 0 atom stereocenters. The quantitative estimate of drug-likeness (QED) is 0.735. The lowest BCUT2D eigenvalue weighted by Crippen LogP contribution is -1.98. The van der Waals surface area contributed by atoms with Gasteiger partial charge in [-0.05, 0) is 13.8 Å². The summed E-state index contributed by atoms with van der Waals surface area (Å²) in [6.45, 7) is 3.80. The highest BCUT2D eigenvalue weighted by molar-refractivity contribution is 6.16. The molecule has 74 valence electrons. The van der Waals surface area contributed by atoms with E-state index in [0.717, 1.165) is 16.7 Å². The maximum Gasteiger partial charge on any atom is 0.231 e. The predicted octanol–water partition coefficient (Wildman–Crippen LogP) is 2.16. The normalized spacial score (nSPS) is 11.1. The van der Waals surface area contributed by atoms with Crippen molar-refractivity contribution in [3.05, 3.63) is 17.1 Å². The average molecular weight is 212 g/mol. The van der Waals surface area contributed by atoms with E-state index in [1.165, 1.54) is 0 Å². The highest BCUT2D eigenvalue weighted by Gasteiger charge is 2.13. The van der Waals surface area contributed by atoms with E-state index in [9.17, 15) is 0 Å². The zero-order valence-electron chi connectivity index (χ0n) is 7.97. The number of aryl methyl sites for hydroxylation is 2. The van der Waals surface area contributed by atoms with Crippen molar-refractivity contribution in [3.8, 4) is 0 Å². The molecular formula is C9H10ClN3O. The molecule has 2 rings (SSSR count). The number of hydrogen-bond acceptors (Lipinski definition) is 4. The molecule has 0 aliphatic carbocycles. The zero-order valence-corrected chi connectivity index (χ0v) is 8.72. The minimum atomic E-state index is 0.235. The van der Waals surface area contributed by atoms with Gasteiger partial charge in [-0.15, -0.1) is 11.6 Å². The summed E-state index contributed by atoms with van der Waals surface area (Å²) in [6.07, 6.45) is 0. The lowest BCUT2D eigenvalue weighted by Gasteiger charge is -1.97.